The zero-order chi connectivity index (χ0) is 25.9. The van der Waals surface area contributed by atoms with E-state index in [-0.39, 0.29) is 24.2 Å². The van der Waals surface area contributed by atoms with Gasteiger partial charge in [0, 0.05) is 36.1 Å². The topological polar surface area (TPSA) is 98.8 Å². The molecular formula is C27H29FN4O5. The Balaban J connectivity index is 1.40. The molecule has 9 nitrogen and oxygen atoms in total. The van der Waals surface area contributed by atoms with Gasteiger partial charge < -0.3 is 23.9 Å². The van der Waals surface area contributed by atoms with Crippen molar-refractivity contribution in [3.05, 3.63) is 48.2 Å². The summed E-state index contributed by atoms with van der Waals surface area (Å²) < 4.78 is 38.1. The standard InChI is InChI=1S/C27H29FN4O5/c1-16-10-19-21(31-16)6-7-23(26(19)28)37-27-20-11-24(34-3)25(12-22(20)29-15-30-27)35-14-18(36-17(2)33)13-32-8-4-5-9-32/h6-7,10-12,15,18,31H,4-5,8-9,13-14H2,1-3H3. The molecule has 2 aromatic heterocycles. The normalized spacial score (nSPS) is 14.7. The first kappa shape index (κ1) is 24.8. The first-order valence-electron chi connectivity index (χ1n) is 12.2. The van der Waals surface area contributed by atoms with Crippen LogP contribution in [0.1, 0.15) is 25.5 Å². The lowest BCUT2D eigenvalue weighted by Gasteiger charge is -2.23. The van der Waals surface area contributed by atoms with E-state index >= 15 is 4.39 Å². The second kappa shape index (κ2) is 10.6. The molecule has 1 N–H and O–H groups in total. The monoisotopic (exact) mass is 508 g/mol. The number of aromatic nitrogens is 3. The zero-order valence-electron chi connectivity index (χ0n) is 21.0. The molecule has 5 rings (SSSR count). The van der Waals surface area contributed by atoms with Crippen LogP contribution in [0.3, 0.4) is 0 Å². The lowest BCUT2D eigenvalue weighted by atomic mass is 10.2. The highest BCUT2D eigenvalue weighted by atomic mass is 19.1. The average molecular weight is 509 g/mol. The summed E-state index contributed by atoms with van der Waals surface area (Å²) in [5, 5.41) is 0.975. The first-order chi connectivity index (χ1) is 17.9. The summed E-state index contributed by atoms with van der Waals surface area (Å²) in [5.74, 6) is 0.271. The number of likely N-dealkylation sites (tertiary alicyclic amines) is 1. The number of ether oxygens (including phenoxy) is 4. The maximum Gasteiger partial charge on any atom is 0.303 e. The fourth-order valence-electron chi connectivity index (χ4n) is 4.66. The van der Waals surface area contributed by atoms with Gasteiger partial charge in [0.1, 0.15) is 19.0 Å². The van der Waals surface area contributed by atoms with Crippen molar-refractivity contribution < 1.29 is 28.1 Å². The molecule has 4 aromatic rings. The van der Waals surface area contributed by atoms with Crippen LogP contribution in [0, 0.1) is 12.7 Å². The van der Waals surface area contributed by atoms with Crippen LogP contribution in [-0.2, 0) is 9.53 Å². The highest BCUT2D eigenvalue weighted by Gasteiger charge is 2.22. The number of carbonyl (C=O) groups excluding carboxylic acids is 1. The van der Waals surface area contributed by atoms with Crippen molar-refractivity contribution in [1.29, 1.82) is 0 Å². The minimum Gasteiger partial charge on any atom is -0.493 e. The van der Waals surface area contributed by atoms with Crippen molar-refractivity contribution in [2.75, 3.05) is 33.4 Å². The molecule has 0 spiro atoms. The van der Waals surface area contributed by atoms with Crippen LogP contribution in [-0.4, -0.2) is 65.3 Å². The molecule has 0 saturated carbocycles. The van der Waals surface area contributed by atoms with Crippen LogP contribution >= 0.6 is 0 Å². The summed E-state index contributed by atoms with van der Waals surface area (Å²) in [6.07, 6.45) is 3.20. The Morgan fingerprint density at radius 1 is 1.11 bits per heavy atom. The van der Waals surface area contributed by atoms with Gasteiger partial charge in [-0.2, -0.15) is 0 Å². The second-order valence-electron chi connectivity index (χ2n) is 9.14. The Labute approximate surface area is 213 Å². The number of halogens is 1. The predicted octanol–water partition coefficient (Wildman–Crippen LogP) is 4.77. The number of esters is 1. The van der Waals surface area contributed by atoms with Crippen molar-refractivity contribution in [2.45, 2.75) is 32.8 Å². The first-order valence-corrected chi connectivity index (χ1v) is 12.2. The van der Waals surface area contributed by atoms with E-state index in [1.165, 1.54) is 20.4 Å². The Morgan fingerprint density at radius 3 is 2.68 bits per heavy atom. The lowest BCUT2D eigenvalue weighted by Crippen LogP contribution is -2.36. The number of fused-ring (bicyclic) bond motifs is 2. The number of aryl methyl sites for hydroxylation is 1. The molecule has 1 aliphatic heterocycles. The third-order valence-electron chi connectivity index (χ3n) is 6.35. The summed E-state index contributed by atoms with van der Waals surface area (Å²) in [4.78, 5) is 25.6. The van der Waals surface area contributed by atoms with Gasteiger partial charge in [0.15, 0.2) is 23.1 Å². The number of nitrogens with zero attached hydrogens (tertiary/aromatic N) is 3. The van der Waals surface area contributed by atoms with Crippen molar-refractivity contribution in [3.8, 4) is 23.1 Å². The van der Waals surface area contributed by atoms with Crippen LogP contribution in [0.2, 0.25) is 0 Å². The van der Waals surface area contributed by atoms with Crippen molar-refractivity contribution in [2.24, 2.45) is 0 Å². The molecule has 1 unspecified atom stereocenters. The van der Waals surface area contributed by atoms with E-state index in [2.05, 4.69) is 19.9 Å². The Morgan fingerprint density at radius 2 is 1.92 bits per heavy atom. The SMILES string of the molecule is COc1cc2c(Oc3ccc4[nH]c(C)cc4c3F)ncnc2cc1OCC(CN1CCCC1)OC(C)=O. The molecule has 0 aliphatic carbocycles. The number of hydrogen-bond acceptors (Lipinski definition) is 8. The zero-order valence-corrected chi connectivity index (χ0v) is 21.0. The van der Waals surface area contributed by atoms with E-state index in [1.54, 1.807) is 30.3 Å². The van der Waals surface area contributed by atoms with Crippen LogP contribution < -0.4 is 14.2 Å². The molecule has 1 atom stereocenters. The minimum absolute atomic E-state index is 0.0527. The molecule has 0 bridgehead atoms. The van der Waals surface area contributed by atoms with Gasteiger partial charge in [-0.05, 0) is 57.1 Å². The maximum absolute atomic E-state index is 15.1. The van der Waals surface area contributed by atoms with E-state index in [0.29, 0.717) is 39.8 Å². The van der Waals surface area contributed by atoms with Gasteiger partial charge in [-0.3, -0.25) is 9.69 Å². The number of H-pyrrole nitrogens is 1. The van der Waals surface area contributed by atoms with Crippen molar-refractivity contribution in [1.82, 2.24) is 19.9 Å². The summed E-state index contributed by atoms with van der Waals surface area (Å²) in [6.45, 7) is 5.98. The molecule has 0 radical (unpaired) electrons. The summed E-state index contributed by atoms with van der Waals surface area (Å²) >= 11 is 0. The van der Waals surface area contributed by atoms with Gasteiger partial charge in [-0.1, -0.05) is 0 Å². The molecule has 3 heterocycles. The second-order valence-corrected chi connectivity index (χ2v) is 9.14. The van der Waals surface area contributed by atoms with E-state index in [1.807, 2.05) is 6.92 Å². The largest absolute Gasteiger partial charge is 0.493 e. The third-order valence-corrected chi connectivity index (χ3v) is 6.35. The highest BCUT2D eigenvalue weighted by molar-refractivity contribution is 5.87. The number of hydrogen-bond donors (Lipinski definition) is 1. The number of methoxy groups -OCH3 is 1. The Kier molecular flexibility index (Phi) is 7.09. The molecular weight excluding hydrogens is 479 g/mol. The number of benzene rings is 2. The van der Waals surface area contributed by atoms with Crippen LogP contribution in [0.25, 0.3) is 21.8 Å². The molecule has 2 aromatic carbocycles. The highest BCUT2D eigenvalue weighted by Crippen LogP contribution is 2.37. The summed E-state index contributed by atoms with van der Waals surface area (Å²) in [6, 6.07) is 8.45. The Hall–Kier alpha value is -3.92. The van der Waals surface area contributed by atoms with Gasteiger partial charge in [-0.25, -0.2) is 14.4 Å². The van der Waals surface area contributed by atoms with E-state index in [9.17, 15) is 4.79 Å². The van der Waals surface area contributed by atoms with Gasteiger partial charge in [0.05, 0.1) is 18.0 Å². The minimum atomic E-state index is -0.477. The molecule has 1 saturated heterocycles. The maximum atomic E-state index is 15.1. The summed E-state index contributed by atoms with van der Waals surface area (Å²) in [5.41, 5.74) is 2.07. The van der Waals surface area contributed by atoms with E-state index < -0.39 is 11.9 Å². The summed E-state index contributed by atoms with van der Waals surface area (Å²) in [7, 11) is 1.52. The van der Waals surface area contributed by atoms with Crippen molar-refractivity contribution in [3.63, 3.8) is 0 Å². The van der Waals surface area contributed by atoms with E-state index in [0.717, 1.165) is 31.6 Å². The number of rotatable bonds is 9. The van der Waals surface area contributed by atoms with Crippen LogP contribution in [0.5, 0.6) is 23.1 Å². The number of aromatic amines is 1. The molecule has 194 valence electrons. The predicted molar refractivity (Wildman–Crippen MR) is 136 cm³/mol. The Bertz CT molecular complexity index is 1430. The molecule has 10 heteroatoms. The van der Waals surface area contributed by atoms with Crippen molar-refractivity contribution >= 4 is 27.8 Å². The molecule has 0 amide bonds. The fourth-order valence-corrected chi connectivity index (χ4v) is 4.66. The van der Waals surface area contributed by atoms with Crippen LogP contribution in [0.4, 0.5) is 4.39 Å². The molecule has 1 aliphatic rings. The fraction of sp³-hybridized carbons (Fsp3) is 0.370. The van der Waals surface area contributed by atoms with Crippen LogP contribution in [0.15, 0.2) is 36.7 Å². The third kappa shape index (κ3) is 5.43. The number of carbonyl (C=O) groups is 1. The number of nitrogens with one attached hydrogen (secondary N) is 1. The average Bonchev–Trinajstić information content (AvgIpc) is 3.53. The van der Waals surface area contributed by atoms with Gasteiger partial charge >= 0.3 is 5.97 Å². The molecule has 1 fully saturated rings. The smallest absolute Gasteiger partial charge is 0.303 e. The van der Waals surface area contributed by atoms with Gasteiger partial charge in [0.25, 0.3) is 0 Å². The van der Waals surface area contributed by atoms with Gasteiger partial charge in [0.2, 0.25) is 5.88 Å². The quantitative estimate of drug-likeness (QED) is 0.323. The van der Waals surface area contributed by atoms with Gasteiger partial charge in [-0.15, -0.1) is 0 Å². The lowest BCUT2D eigenvalue weighted by molar-refractivity contribution is -0.148. The van der Waals surface area contributed by atoms with E-state index in [4.69, 9.17) is 18.9 Å². The molecule has 37 heavy (non-hydrogen) atoms.